The number of carbonyl (C=O) groups excluding carboxylic acids is 1. The van der Waals surface area contributed by atoms with Crippen LogP contribution in [0, 0.1) is 6.92 Å². The van der Waals surface area contributed by atoms with E-state index in [-0.39, 0.29) is 15.4 Å². The number of rotatable bonds is 6. The molecule has 38 heavy (non-hydrogen) atoms. The van der Waals surface area contributed by atoms with Crippen LogP contribution in [0.2, 0.25) is 0 Å². The minimum absolute atomic E-state index is 0.124. The van der Waals surface area contributed by atoms with Gasteiger partial charge >= 0.3 is 0 Å². The van der Waals surface area contributed by atoms with Crippen LogP contribution in [0.4, 0.5) is 5.69 Å². The van der Waals surface area contributed by atoms with Gasteiger partial charge in [0, 0.05) is 37.4 Å². The molecule has 0 aromatic heterocycles. The van der Waals surface area contributed by atoms with Crippen LogP contribution in [0.25, 0.3) is 0 Å². The summed E-state index contributed by atoms with van der Waals surface area (Å²) in [5.74, 6) is -0.448. The topological polar surface area (TPSA) is 104 Å². The molecule has 0 saturated carbocycles. The predicted octanol–water partition coefficient (Wildman–Crippen LogP) is 4.17. The molecule has 200 valence electrons. The Hall–Kier alpha value is -3.05. The van der Waals surface area contributed by atoms with Crippen LogP contribution in [0.15, 0.2) is 76.5 Å². The molecule has 0 spiro atoms. The van der Waals surface area contributed by atoms with Gasteiger partial charge in [-0.15, -0.1) is 0 Å². The van der Waals surface area contributed by atoms with E-state index < -0.39 is 26.0 Å². The van der Waals surface area contributed by atoms with Gasteiger partial charge in [0.1, 0.15) is 0 Å². The van der Waals surface area contributed by atoms with Gasteiger partial charge in [-0.05, 0) is 79.3 Å². The molecular weight excluding hydrogens is 522 g/mol. The van der Waals surface area contributed by atoms with Gasteiger partial charge in [-0.2, -0.15) is 8.61 Å². The summed E-state index contributed by atoms with van der Waals surface area (Å²) in [5.41, 5.74) is 3.56. The van der Waals surface area contributed by atoms with Gasteiger partial charge < -0.3 is 5.32 Å². The molecule has 0 bridgehead atoms. The van der Waals surface area contributed by atoms with Crippen LogP contribution >= 0.6 is 0 Å². The summed E-state index contributed by atoms with van der Waals surface area (Å²) in [7, 11) is -7.36. The lowest BCUT2D eigenvalue weighted by Gasteiger charge is -2.28. The molecule has 2 aliphatic rings. The minimum Gasteiger partial charge on any atom is -0.322 e. The number of fused-ring (bicyclic) bond motifs is 1. The molecule has 1 fully saturated rings. The third-order valence-electron chi connectivity index (χ3n) is 7.26. The molecule has 2 heterocycles. The average molecular weight is 554 g/mol. The number of carbonyl (C=O) groups is 1. The van der Waals surface area contributed by atoms with E-state index in [1.807, 2.05) is 24.3 Å². The van der Waals surface area contributed by atoms with Gasteiger partial charge in [0.15, 0.2) is 0 Å². The van der Waals surface area contributed by atoms with Crippen LogP contribution in [-0.4, -0.2) is 51.0 Å². The molecule has 0 radical (unpaired) electrons. The highest BCUT2D eigenvalue weighted by Gasteiger charge is 2.29. The normalized spacial score (nSPS) is 17.1. The van der Waals surface area contributed by atoms with E-state index >= 15 is 0 Å². The first-order valence-electron chi connectivity index (χ1n) is 12.8. The average Bonchev–Trinajstić information content (AvgIpc) is 2.94. The minimum atomic E-state index is -3.72. The maximum atomic E-state index is 13.2. The summed E-state index contributed by atoms with van der Waals surface area (Å²) in [6.45, 7) is 3.50. The van der Waals surface area contributed by atoms with Crippen molar-refractivity contribution in [1.29, 1.82) is 0 Å². The zero-order valence-corrected chi connectivity index (χ0v) is 22.9. The standard InChI is InChI=1S/C28H31N3O5S2/c1-21-9-12-26(38(35,36)30-16-5-2-6-17-30)19-27(21)29-28(32)23-10-13-25(14-11-23)37(33,34)31-18-15-22-7-3-4-8-24(22)20-31/h3-4,7-14,19H,2,5-6,15-18,20H2,1H3,(H,29,32). The molecule has 1 amide bonds. The SMILES string of the molecule is Cc1ccc(S(=O)(=O)N2CCCCC2)cc1NC(=O)c1ccc(S(=O)(=O)N2CCc3ccccc3C2)cc1. The van der Waals surface area contributed by atoms with E-state index in [4.69, 9.17) is 0 Å². The van der Waals surface area contributed by atoms with Crippen molar-refractivity contribution in [3.63, 3.8) is 0 Å². The quantitative estimate of drug-likeness (QED) is 0.494. The van der Waals surface area contributed by atoms with Crippen molar-refractivity contribution in [2.75, 3.05) is 25.0 Å². The van der Waals surface area contributed by atoms with Crippen LogP contribution in [0.1, 0.15) is 46.3 Å². The fourth-order valence-corrected chi connectivity index (χ4v) is 7.91. The Balaban J connectivity index is 1.31. The lowest BCUT2D eigenvalue weighted by Crippen LogP contribution is -2.35. The van der Waals surface area contributed by atoms with Gasteiger partial charge in [0.05, 0.1) is 9.79 Å². The molecule has 10 heteroatoms. The molecule has 3 aromatic carbocycles. The Morgan fingerprint density at radius 1 is 0.737 bits per heavy atom. The molecule has 0 unspecified atom stereocenters. The molecule has 2 aliphatic heterocycles. The number of sulfonamides is 2. The van der Waals surface area contributed by atoms with Crippen LogP contribution < -0.4 is 5.32 Å². The highest BCUT2D eigenvalue weighted by atomic mass is 32.2. The molecule has 0 aliphatic carbocycles. The maximum Gasteiger partial charge on any atom is 0.255 e. The second-order valence-electron chi connectivity index (χ2n) is 9.78. The summed E-state index contributed by atoms with van der Waals surface area (Å²) in [6.07, 6.45) is 3.35. The maximum absolute atomic E-state index is 13.2. The van der Waals surface area contributed by atoms with Crippen molar-refractivity contribution in [3.05, 3.63) is 89.0 Å². The highest BCUT2D eigenvalue weighted by Crippen LogP contribution is 2.27. The van der Waals surface area contributed by atoms with E-state index in [0.717, 1.165) is 36.0 Å². The largest absolute Gasteiger partial charge is 0.322 e. The number of amides is 1. The molecular formula is C28H31N3O5S2. The Kier molecular flexibility index (Phi) is 7.41. The van der Waals surface area contributed by atoms with E-state index in [1.54, 1.807) is 19.1 Å². The van der Waals surface area contributed by atoms with Crippen molar-refractivity contribution in [3.8, 4) is 0 Å². The lowest BCUT2D eigenvalue weighted by atomic mass is 10.0. The monoisotopic (exact) mass is 553 g/mol. The number of benzene rings is 3. The number of anilines is 1. The number of nitrogens with one attached hydrogen (secondary N) is 1. The number of nitrogens with zero attached hydrogens (tertiary/aromatic N) is 2. The molecule has 3 aromatic rings. The summed E-state index contributed by atoms with van der Waals surface area (Å²) >= 11 is 0. The smallest absolute Gasteiger partial charge is 0.255 e. The Bertz CT molecular complexity index is 1560. The van der Waals surface area contributed by atoms with E-state index in [9.17, 15) is 21.6 Å². The van der Waals surface area contributed by atoms with Gasteiger partial charge in [-0.3, -0.25) is 4.79 Å². The number of aryl methyl sites for hydroxylation is 1. The lowest BCUT2D eigenvalue weighted by molar-refractivity contribution is 0.102. The van der Waals surface area contributed by atoms with Gasteiger partial charge in [0.2, 0.25) is 20.0 Å². The van der Waals surface area contributed by atoms with Crippen molar-refractivity contribution in [2.45, 2.75) is 48.9 Å². The zero-order chi connectivity index (χ0) is 26.9. The number of hydrogen-bond donors (Lipinski definition) is 1. The van der Waals surface area contributed by atoms with Crippen molar-refractivity contribution >= 4 is 31.6 Å². The third-order valence-corrected chi connectivity index (χ3v) is 11.0. The summed E-state index contributed by atoms with van der Waals surface area (Å²) in [5, 5.41) is 2.79. The zero-order valence-electron chi connectivity index (χ0n) is 21.3. The number of piperidine rings is 1. The van der Waals surface area contributed by atoms with E-state index in [1.165, 1.54) is 38.9 Å². The molecule has 1 saturated heterocycles. The van der Waals surface area contributed by atoms with Crippen LogP contribution in [0.3, 0.4) is 0 Å². The fourth-order valence-electron chi connectivity index (χ4n) is 4.95. The van der Waals surface area contributed by atoms with Crippen molar-refractivity contribution in [2.24, 2.45) is 0 Å². The van der Waals surface area contributed by atoms with Crippen molar-refractivity contribution < 1.29 is 21.6 Å². The summed E-state index contributed by atoms with van der Waals surface area (Å²) < 4.78 is 55.6. The Morgan fingerprint density at radius 3 is 2.08 bits per heavy atom. The second kappa shape index (κ2) is 10.6. The molecule has 0 atom stereocenters. The van der Waals surface area contributed by atoms with E-state index in [2.05, 4.69) is 5.32 Å². The van der Waals surface area contributed by atoms with Crippen LogP contribution in [-0.2, 0) is 33.0 Å². The fraction of sp³-hybridized carbons (Fsp3) is 0.321. The first-order valence-corrected chi connectivity index (χ1v) is 15.6. The summed E-state index contributed by atoms with van der Waals surface area (Å²) in [6, 6.07) is 18.4. The third kappa shape index (κ3) is 5.26. The Labute approximate surface area is 224 Å². The molecule has 8 nitrogen and oxygen atoms in total. The van der Waals surface area contributed by atoms with Gasteiger partial charge in [-0.1, -0.05) is 36.8 Å². The number of hydrogen-bond acceptors (Lipinski definition) is 5. The summed E-state index contributed by atoms with van der Waals surface area (Å²) in [4.78, 5) is 13.3. The van der Waals surface area contributed by atoms with Gasteiger partial charge in [0.25, 0.3) is 5.91 Å². The first kappa shape index (κ1) is 26.6. The van der Waals surface area contributed by atoms with E-state index in [0.29, 0.717) is 38.3 Å². The van der Waals surface area contributed by atoms with Crippen molar-refractivity contribution in [1.82, 2.24) is 8.61 Å². The highest BCUT2D eigenvalue weighted by molar-refractivity contribution is 7.89. The molecule has 5 rings (SSSR count). The van der Waals surface area contributed by atoms with Gasteiger partial charge in [-0.25, -0.2) is 16.8 Å². The molecule has 1 N–H and O–H groups in total. The Morgan fingerprint density at radius 2 is 1.37 bits per heavy atom. The first-order chi connectivity index (χ1) is 18.2. The second-order valence-corrected chi connectivity index (χ2v) is 13.7. The predicted molar refractivity (Wildman–Crippen MR) is 146 cm³/mol. The van der Waals surface area contributed by atoms with Crippen LogP contribution in [0.5, 0.6) is 0 Å².